The van der Waals surface area contributed by atoms with E-state index in [2.05, 4.69) is 10.4 Å². The third-order valence-electron chi connectivity index (χ3n) is 6.58. The van der Waals surface area contributed by atoms with Crippen molar-refractivity contribution in [3.8, 4) is 17.4 Å². The van der Waals surface area contributed by atoms with Gasteiger partial charge in [0.2, 0.25) is 5.91 Å². The molecule has 3 N–H and O–H groups in total. The SMILES string of the molecule is CC(C)(O)Cn1ccc(NC(=O)[C@H](CC2CCCCC2)n2cc(Oc3ccccc3C(F)(F)F)cc2O)n1. The van der Waals surface area contributed by atoms with E-state index in [-0.39, 0.29) is 29.9 Å². The molecule has 0 bridgehead atoms. The molecule has 0 radical (unpaired) electrons. The summed E-state index contributed by atoms with van der Waals surface area (Å²) in [7, 11) is 0. The molecule has 1 aromatic carbocycles. The molecule has 3 aromatic rings. The number of rotatable bonds is 9. The fourth-order valence-electron chi connectivity index (χ4n) is 4.87. The maximum absolute atomic E-state index is 13.5. The number of carbonyl (C=O) groups is 1. The molecule has 1 aliphatic carbocycles. The maximum Gasteiger partial charge on any atom is 0.419 e. The van der Waals surface area contributed by atoms with Gasteiger partial charge in [-0.1, -0.05) is 44.2 Å². The van der Waals surface area contributed by atoms with Crippen molar-refractivity contribution in [2.24, 2.45) is 5.92 Å². The number of aromatic hydroxyl groups is 1. The van der Waals surface area contributed by atoms with Gasteiger partial charge in [-0.05, 0) is 38.3 Å². The minimum Gasteiger partial charge on any atom is -0.494 e. The molecule has 1 saturated carbocycles. The summed E-state index contributed by atoms with van der Waals surface area (Å²) >= 11 is 0. The van der Waals surface area contributed by atoms with Gasteiger partial charge in [-0.3, -0.25) is 9.48 Å². The van der Waals surface area contributed by atoms with Gasteiger partial charge in [0.1, 0.15) is 17.5 Å². The molecule has 4 rings (SSSR count). The number of aromatic nitrogens is 3. The highest BCUT2D eigenvalue weighted by Gasteiger charge is 2.35. The molecule has 8 nitrogen and oxygen atoms in total. The minimum absolute atomic E-state index is 0.0184. The van der Waals surface area contributed by atoms with Gasteiger partial charge >= 0.3 is 6.18 Å². The third kappa shape index (κ3) is 7.09. The first-order chi connectivity index (χ1) is 17.9. The number of aliphatic hydroxyl groups is 1. The van der Waals surface area contributed by atoms with Crippen LogP contribution in [0, 0.1) is 5.92 Å². The Kier molecular flexibility index (Phi) is 8.05. The van der Waals surface area contributed by atoms with Crippen molar-refractivity contribution in [3.05, 3.63) is 54.4 Å². The van der Waals surface area contributed by atoms with Gasteiger partial charge in [-0.25, -0.2) is 0 Å². The van der Waals surface area contributed by atoms with Gasteiger partial charge in [0.25, 0.3) is 0 Å². The van der Waals surface area contributed by atoms with Crippen LogP contribution in [0.4, 0.5) is 19.0 Å². The maximum atomic E-state index is 13.5. The zero-order chi connectivity index (χ0) is 27.5. The summed E-state index contributed by atoms with van der Waals surface area (Å²) in [5.74, 6) is -0.595. The molecule has 206 valence electrons. The monoisotopic (exact) mass is 534 g/mol. The van der Waals surface area contributed by atoms with E-state index in [4.69, 9.17) is 4.74 Å². The van der Waals surface area contributed by atoms with Crippen LogP contribution in [0.2, 0.25) is 0 Å². The summed E-state index contributed by atoms with van der Waals surface area (Å²) in [6.45, 7) is 3.52. The quantitative estimate of drug-likeness (QED) is 0.307. The Morgan fingerprint density at radius 1 is 1.18 bits per heavy atom. The zero-order valence-corrected chi connectivity index (χ0v) is 21.4. The molecule has 1 fully saturated rings. The van der Waals surface area contributed by atoms with Crippen molar-refractivity contribution in [2.75, 3.05) is 5.32 Å². The molecule has 1 amide bonds. The van der Waals surface area contributed by atoms with Crippen LogP contribution in [0.1, 0.15) is 64.0 Å². The van der Waals surface area contributed by atoms with Crippen LogP contribution < -0.4 is 10.1 Å². The number of para-hydroxylation sites is 1. The number of anilines is 1. The molecule has 0 saturated heterocycles. The number of ether oxygens (including phenoxy) is 1. The van der Waals surface area contributed by atoms with Crippen molar-refractivity contribution in [1.82, 2.24) is 14.3 Å². The molecular weight excluding hydrogens is 501 g/mol. The lowest BCUT2D eigenvalue weighted by Crippen LogP contribution is -2.29. The van der Waals surface area contributed by atoms with Gasteiger partial charge in [-0.2, -0.15) is 18.3 Å². The molecule has 2 heterocycles. The number of hydrogen-bond acceptors (Lipinski definition) is 5. The van der Waals surface area contributed by atoms with E-state index in [9.17, 15) is 28.2 Å². The molecule has 38 heavy (non-hydrogen) atoms. The van der Waals surface area contributed by atoms with Crippen molar-refractivity contribution in [2.45, 2.75) is 76.7 Å². The molecule has 2 aromatic heterocycles. The number of hydrogen-bond donors (Lipinski definition) is 3. The molecular formula is C27H33F3N4O4. The molecule has 0 unspecified atom stereocenters. The standard InChI is InChI=1S/C27H33F3N4O4/c1-26(2,37)17-33-13-12-23(32-33)31-25(36)21(14-18-8-4-3-5-9-18)34-16-19(15-24(34)35)38-22-11-7-6-10-20(22)27(28,29)30/h6-7,10-13,15-16,18,21,35,37H,3-5,8-9,14,17H2,1-2H3,(H,31,32,36)/t21-/m0/s1. The number of nitrogens with one attached hydrogen (secondary N) is 1. The van der Waals surface area contributed by atoms with E-state index in [0.717, 1.165) is 38.2 Å². The minimum atomic E-state index is -4.61. The highest BCUT2D eigenvalue weighted by molar-refractivity contribution is 5.93. The van der Waals surface area contributed by atoms with E-state index in [1.165, 1.54) is 39.7 Å². The van der Waals surface area contributed by atoms with Crippen LogP contribution in [-0.2, 0) is 17.5 Å². The Hall–Kier alpha value is -3.47. The highest BCUT2D eigenvalue weighted by atomic mass is 19.4. The molecule has 1 aliphatic rings. The van der Waals surface area contributed by atoms with Crippen LogP contribution in [0.25, 0.3) is 0 Å². The second-order valence-electron chi connectivity index (χ2n) is 10.5. The van der Waals surface area contributed by atoms with Crippen molar-refractivity contribution >= 4 is 11.7 Å². The van der Waals surface area contributed by atoms with Crippen LogP contribution >= 0.6 is 0 Å². The van der Waals surface area contributed by atoms with E-state index < -0.39 is 35.0 Å². The van der Waals surface area contributed by atoms with Crippen LogP contribution in [0.5, 0.6) is 17.4 Å². The first-order valence-corrected chi connectivity index (χ1v) is 12.7. The second kappa shape index (κ2) is 11.1. The largest absolute Gasteiger partial charge is 0.494 e. The number of halogens is 3. The Morgan fingerprint density at radius 2 is 1.89 bits per heavy atom. The summed E-state index contributed by atoms with van der Waals surface area (Å²) in [5.41, 5.74) is -1.93. The molecule has 0 aliphatic heterocycles. The Labute approximate surface area is 219 Å². The van der Waals surface area contributed by atoms with Crippen molar-refractivity contribution in [3.63, 3.8) is 0 Å². The van der Waals surface area contributed by atoms with E-state index in [1.807, 2.05) is 0 Å². The Bertz CT molecular complexity index is 1240. The smallest absolute Gasteiger partial charge is 0.419 e. The van der Waals surface area contributed by atoms with Crippen molar-refractivity contribution in [1.29, 1.82) is 0 Å². The summed E-state index contributed by atoms with van der Waals surface area (Å²) in [5, 5.41) is 27.8. The highest BCUT2D eigenvalue weighted by Crippen LogP contribution is 2.40. The van der Waals surface area contributed by atoms with Gasteiger partial charge < -0.3 is 24.8 Å². The summed E-state index contributed by atoms with van der Waals surface area (Å²) in [4.78, 5) is 13.5. The fourth-order valence-corrected chi connectivity index (χ4v) is 4.87. The fraction of sp³-hybridized carbons (Fsp3) is 0.481. The van der Waals surface area contributed by atoms with Crippen molar-refractivity contribution < 1.29 is 32.9 Å². The van der Waals surface area contributed by atoms with Crippen LogP contribution in [-0.4, -0.2) is 36.1 Å². The average Bonchev–Trinajstić information content (AvgIpc) is 3.41. The van der Waals surface area contributed by atoms with Gasteiger partial charge in [0, 0.05) is 18.3 Å². The Balaban J connectivity index is 1.58. The van der Waals surface area contributed by atoms with Crippen LogP contribution in [0.15, 0.2) is 48.8 Å². The number of alkyl halides is 3. The Morgan fingerprint density at radius 3 is 2.58 bits per heavy atom. The lowest BCUT2D eigenvalue weighted by Gasteiger charge is -2.27. The first-order valence-electron chi connectivity index (χ1n) is 12.7. The van der Waals surface area contributed by atoms with Gasteiger partial charge in [0.05, 0.1) is 23.9 Å². The third-order valence-corrected chi connectivity index (χ3v) is 6.58. The normalized spacial score (nSPS) is 15.8. The summed E-state index contributed by atoms with van der Waals surface area (Å²) in [6, 6.07) is 6.79. The topological polar surface area (TPSA) is 102 Å². The summed E-state index contributed by atoms with van der Waals surface area (Å²) in [6.07, 6.45) is 3.97. The predicted octanol–water partition coefficient (Wildman–Crippen LogP) is 6.12. The van der Waals surface area contributed by atoms with Crippen LogP contribution in [0.3, 0.4) is 0 Å². The lowest BCUT2D eigenvalue weighted by molar-refractivity contribution is -0.138. The molecule has 1 atom stereocenters. The first kappa shape index (κ1) is 27.6. The number of nitrogens with zero attached hydrogens (tertiary/aromatic N) is 3. The predicted molar refractivity (Wildman–Crippen MR) is 135 cm³/mol. The lowest BCUT2D eigenvalue weighted by atomic mass is 9.84. The van der Waals surface area contributed by atoms with Gasteiger partial charge in [0.15, 0.2) is 11.7 Å². The van der Waals surface area contributed by atoms with E-state index in [0.29, 0.717) is 6.42 Å². The average molecular weight is 535 g/mol. The number of carbonyl (C=O) groups excluding carboxylic acids is 1. The van der Waals surface area contributed by atoms with E-state index >= 15 is 0 Å². The zero-order valence-electron chi connectivity index (χ0n) is 21.4. The van der Waals surface area contributed by atoms with Gasteiger partial charge in [-0.15, -0.1) is 0 Å². The number of amides is 1. The molecule has 11 heteroatoms. The summed E-state index contributed by atoms with van der Waals surface area (Å²) < 4.78 is 48.6. The number of benzene rings is 1. The molecule has 0 spiro atoms. The van der Waals surface area contributed by atoms with E-state index in [1.54, 1.807) is 26.1 Å². The second-order valence-corrected chi connectivity index (χ2v) is 10.5.